The molecule has 2 aromatic carbocycles. The number of hydrogen-bond donors (Lipinski definition) is 0. The van der Waals surface area contributed by atoms with Crippen molar-refractivity contribution >= 4 is 14.3 Å². The van der Waals surface area contributed by atoms with E-state index in [1.807, 2.05) is 93.6 Å². The first-order valence-electron chi connectivity index (χ1n) is 16.3. The van der Waals surface area contributed by atoms with E-state index in [4.69, 9.17) is 28.1 Å². The van der Waals surface area contributed by atoms with Crippen molar-refractivity contribution in [2.45, 2.75) is 110 Å². The SMILES string of the molecule is C=CCC[C@H](C[C@@H](OCc1ccc(OC)cc1)[C@@H](C)OCOCc1ccccc1)OC(=O)C(C)(C)/C=C/CO[Si](C)(C)C(C)(C)C. The third-order valence-electron chi connectivity index (χ3n) is 8.54. The summed E-state index contributed by atoms with van der Waals surface area (Å²) in [5, 5.41) is 0.120. The Morgan fingerprint density at radius 2 is 1.59 bits per heavy atom. The Labute approximate surface area is 279 Å². The van der Waals surface area contributed by atoms with Gasteiger partial charge in [-0.2, -0.15) is 0 Å². The lowest BCUT2D eigenvalue weighted by Crippen LogP contribution is -2.40. The van der Waals surface area contributed by atoms with Crippen molar-refractivity contribution in [3.63, 3.8) is 0 Å². The van der Waals surface area contributed by atoms with Gasteiger partial charge in [-0.25, -0.2) is 0 Å². The highest BCUT2D eigenvalue weighted by Gasteiger charge is 2.37. The van der Waals surface area contributed by atoms with Crippen LogP contribution < -0.4 is 4.74 Å². The van der Waals surface area contributed by atoms with Gasteiger partial charge in [0.05, 0.1) is 44.6 Å². The zero-order valence-corrected chi connectivity index (χ0v) is 30.7. The Morgan fingerprint density at radius 3 is 2.20 bits per heavy atom. The third-order valence-corrected chi connectivity index (χ3v) is 13.0. The van der Waals surface area contributed by atoms with E-state index in [2.05, 4.69) is 40.4 Å². The van der Waals surface area contributed by atoms with E-state index in [0.717, 1.165) is 16.9 Å². The fourth-order valence-corrected chi connectivity index (χ4v) is 5.24. The van der Waals surface area contributed by atoms with E-state index in [0.29, 0.717) is 39.1 Å². The van der Waals surface area contributed by atoms with E-state index in [1.165, 1.54) is 0 Å². The maximum absolute atomic E-state index is 13.5. The van der Waals surface area contributed by atoms with Gasteiger partial charge in [-0.15, -0.1) is 6.58 Å². The molecule has 0 spiro atoms. The summed E-state index contributed by atoms with van der Waals surface area (Å²) in [6.45, 7) is 22.1. The van der Waals surface area contributed by atoms with Crippen molar-refractivity contribution < 1.29 is 32.9 Å². The number of esters is 1. The number of rotatable bonds is 21. The zero-order chi connectivity index (χ0) is 34.2. The Balaban J connectivity index is 2.10. The van der Waals surface area contributed by atoms with Gasteiger partial charge in [-0.3, -0.25) is 4.79 Å². The molecule has 0 aliphatic rings. The maximum Gasteiger partial charge on any atom is 0.315 e. The molecule has 256 valence electrons. The first kappa shape index (κ1) is 39.4. The van der Waals surface area contributed by atoms with Crippen molar-refractivity contribution in [3.8, 4) is 5.75 Å². The minimum absolute atomic E-state index is 0.115. The molecule has 46 heavy (non-hydrogen) atoms. The van der Waals surface area contributed by atoms with E-state index in [-0.39, 0.29) is 36.1 Å². The van der Waals surface area contributed by atoms with Gasteiger partial charge in [-0.05, 0) is 75.0 Å². The van der Waals surface area contributed by atoms with E-state index in [1.54, 1.807) is 7.11 Å². The lowest BCUT2D eigenvalue weighted by atomic mass is 9.93. The fraction of sp³-hybridized carbons (Fsp3) is 0.553. The molecule has 0 saturated carbocycles. The Hall–Kier alpha value is -2.75. The summed E-state index contributed by atoms with van der Waals surface area (Å²) in [6.07, 6.45) is 6.39. The van der Waals surface area contributed by atoms with Crippen LogP contribution in [-0.2, 0) is 41.4 Å². The average molecular weight is 655 g/mol. The van der Waals surface area contributed by atoms with Crippen LogP contribution in [-0.4, -0.2) is 53.1 Å². The lowest BCUT2D eigenvalue weighted by Gasteiger charge is -2.35. The molecule has 3 atom stereocenters. The lowest BCUT2D eigenvalue weighted by molar-refractivity contribution is -0.166. The molecule has 2 aromatic rings. The van der Waals surface area contributed by atoms with Crippen LogP contribution >= 0.6 is 0 Å². The molecule has 0 bridgehead atoms. The molecule has 8 heteroatoms. The average Bonchev–Trinajstić information content (AvgIpc) is 3.02. The molecule has 0 heterocycles. The van der Waals surface area contributed by atoms with Crippen molar-refractivity contribution in [3.05, 3.63) is 90.5 Å². The van der Waals surface area contributed by atoms with Crippen molar-refractivity contribution in [1.29, 1.82) is 0 Å². The molecule has 0 aliphatic carbocycles. The second-order valence-electron chi connectivity index (χ2n) is 13.8. The van der Waals surface area contributed by atoms with Crippen molar-refractivity contribution in [2.24, 2.45) is 5.41 Å². The van der Waals surface area contributed by atoms with Crippen LogP contribution in [0.4, 0.5) is 0 Å². The first-order valence-corrected chi connectivity index (χ1v) is 19.2. The summed E-state index contributed by atoms with van der Waals surface area (Å²) in [5.74, 6) is 0.492. The van der Waals surface area contributed by atoms with Crippen LogP contribution in [0, 0.1) is 5.41 Å². The van der Waals surface area contributed by atoms with Gasteiger partial charge >= 0.3 is 5.97 Å². The largest absolute Gasteiger partial charge is 0.497 e. The molecule has 0 aliphatic heterocycles. The highest BCUT2D eigenvalue weighted by Crippen LogP contribution is 2.36. The van der Waals surface area contributed by atoms with E-state index >= 15 is 0 Å². The summed E-state index contributed by atoms with van der Waals surface area (Å²) in [7, 11) is -0.240. The molecular weight excluding hydrogens is 596 g/mol. The van der Waals surface area contributed by atoms with E-state index in [9.17, 15) is 4.79 Å². The number of hydrogen-bond acceptors (Lipinski definition) is 7. The molecule has 0 aromatic heterocycles. The van der Waals surface area contributed by atoms with Crippen LogP contribution in [0.5, 0.6) is 5.75 Å². The fourth-order valence-electron chi connectivity index (χ4n) is 4.29. The zero-order valence-electron chi connectivity index (χ0n) is 29.7. The van der Waals surface area contributed by atoms with Crippen LogP contribution in [0.25, 0.3) is 0 Å². The van der Waals surface area contributed by atoms with Gasteiger partial charge in [0, 0.05) is 6.42 Å². The number of carbonyl (C=O) groups is 1. The standard InChI is InChI=1S/C38H58O7Si/c1-11-12-19-34(45-36(39)38(6,7)24-16-25-44-46(9,10)37(3,4)5)26-35(42-28-32-20-22-33(40-8)23-21-32)30(2)43-29-41-27-31-17-14-13-15-18-31/h11,13-18,20-24,30,34-35H,1,12,19,25-29H2,2-10H3/b24-16+/t30-,34-,35-/m1/s1. The smallest absolute Gasteiger partial charge is 0.315 e. The summed E-state index contributed by atoms with van der Waals surface area (Å²) in [4.78, 5) is 13.5. The van der Waals surface area contributed by atoms with Crippen molar-refractivity contribution in [2.75, 3.05) is 20.5 Å². The summed E-state index contributed by atoms with van der Waals surface area (Å²) < 4.78 is 36.0. The number of benzene rings is 2. The highest BCUT2D eigenvalue weighted by molar-refractivity contribution is 6.74. The maximum atomic E-state index is 13.5. The number of methoxy groups -OCH3 is 1. The van der Waals surface area contributed by atoms with Crippen LogP contribution in [0.1, 0.15) is 71.9 Å². The summed E-state index contributed by atoms with van der Waals surface area (Å²) in [6, 6.07) is 17.7. The molecule has 0 radical (unpaired) electrons. The molecule has 0 fully saturated rings. The van der Waals surface area contributed by atoms with Crippen molar-refractivity contribution in [1.82, 2.24) is 0 Å². The Morgan fingerprint density at radius 1 is 0.935 bits per heavy atom. The number of carbonyl (C=O) groups excluding carboxylic acids is 1. The normalized spacial score (nSPS) is 14.5. The van der Waals surface area contributed by atoms with E-state index < -0.39 is 13.7 Å². The highest BCUT2D eigenvalue weighted by atomic mass is 28.4. The van der Waals surface area contributed by atoms with Gasteiger partial charge in [0.15, 0.2) is 8.32 Å². The van der Waals surface area contributed by atoms with Gasteiger partial charge in [-0.1, -0.05) is 81.5 Å². The second kappa shape index (κ2) is 19.2. The van der Waals surface area contributed by atoms with Crippen LogP contribution in [0.3, 0.4) is 0 Å². The Kier molecular flexibility index (Phi) is 16.4. The number of ether oxygens (including phenoxy) is 5. The minimum atomic E-state index is -1.88. The predicted octanol–water partition coefficient (Wildman–Crippen LogP) is 9.03. The van der Waals surface area contributed by atoms with Gasteiger partial charge in [0.1, 0.15) is 18.6 Å². The van der Waals surface area contributed by atoms with Crippen LogP contribution in [0.15, 0.2) is 79.4 Å². The monoisotopic (exact) mass is 654 g/mol. The molecule has 0 amide bonds. The minimum Gasteiger partial charge on any atom is -0.497 e. The molecule has 2 rings (SSSR count). The molecule has 0 N–H and O–H groups in total. The summed E-state index contributed by atoms with van der Waals surface area (Å²) in [5.41, 5.74) is 1.26. The summed E-state index contributed by atoms with van der Waals surface area (Å²) >= 11 is 0. The molecule has 0 unspecified atom stereocenters. The van der Waals surface area contributed by atoms with Gasteiger partial charge in [0.25, 0.3) is 0 Å². The van der Waals surface area contributed by atoms with Crippen LogP contribution in [0.2, 0.25) is 18.1 Å². The predicted molar refractivity (Wildman–Crippen MR) is 188 cm³/mol. The quantitative estimate of drug-likeness (QED) is 0.0437. The second-order valence-corrected chi connectivity index (χ2v) is 18.7. The molecule has 0 saturated heterocycles. The number of allylic oxidation sites excluding steroid dienone is 1. The topological polar surface area (TPSA) is 72.5 Å². The third kappa shape index (κ3) is 13.9. The Bertz CT molecular complexity index is 1190. The molecular formula is C38H58O7Si. The molecule has 7 nitrogen and oxygen atoms in total. The first-order chi connectivity index (χ1) is 21.7. The van der Waals surface area contributed by atoms with Gasteiger partial charge in [0.2, 0.25) is 0 Å². The van der Waals surface area contributed by atoms with Gasteiger partial charge < -0.3 is 28.1 Å².